The first-order chi connectivity index (χ1) is 17.1. The van der Waals surface area contributed by atoms with Crippen molar-refractivity contribution in [3.05, 3.63) is 40.4 Å². The molecule has 1 aromatic rings. The molecule has 0 aliphatic heterocycles. The van der Waals surface area contributed by atoms with Crippen molar-refractivity contribution in [3.8, 4) is 5.75 Å². The van der Waals surface area contributed by atoms with E-state index in [-0.39, 0.29) is 30.5 Å². The molecule has 6 nitrogen and oxygen atoms in total. The molecule has 1 amide bonds. The number of ether oxygens (including phenoxy) is 2. The van der Waals surface area contributed by atoms with Gasteiger partial charge in [0.05, 0.1) is 10.0 Å². The average Bonchev–Trinajstić information content (AvgIpc) is 3.16. The zero-order valence-corrected chi connectivity index (χ0v) is 25.7. The molecule has 0 radical (unpaired) electrons. The van der Waals surface area contributed by atoms with E-state index in [0.717, 1.165) is 12.8 Å². The van der Waals surface area contributed by atoms with Crippen LogP contribution in [0.1, 0.15) is 73.3 Å². The zero-order valence-electron chi connectivity index (χ0n) is 23.4. The molecule has 37 heavy (non-hydrogen) atoms. The monoisotopic (exact) mass is 572 g/mol. The van der Waals surface area contributed by atoms with Crippen LogP contribution in [0.5, 0.6) is 5.75 Å². The van der Waals surface area contributed by atoms with Crippen LogP contribution in [-0.2, 0) is 16.1 Å². The molecule has 4 unspecified atom stereocenters. The summed E-state index contributed by atoms with van der Waals surface area (Å²) in [6.07, 6.45) is 3.82. The van der Waals surface area contributed by atoms with Crippen LogP contribution in [0.3, 0.4) is 0 Å². The highest BCUT2D eigenvalue weighted by Gasteiger charge is 2.42. The summed E-state index contributed by atoms with van der Waals surface area (Å²) in [5.41, 5.74) is 0.755. The van der Waals surface area contributed by atoms with Gasteiger partial charge >= 0.3 is 6.09 Å². The number of carbonyl (C=O) groups is 1. The van der Waals surface area contributed by atoms with E-state index in [2.05, 4.69) is 13.5 Å². The maximum atomic E-state index is 13.5. The lowest BCUT2D eigenvalue weighted by atomic mass is 9.82. The smallest absolute Gasteiger partial charge is 0.410 e. The molecule has 208 valence electrons. The van der Waals surface area contributed by atoms with Crippen molar-refractivity contribution in [1.29, 1.82) is 0 Å². The second kappa shape index (κ2) is 13.1. The Kier molecular flexibility index (Phi) is 11.3. The molecule has 0 saturated heterocycles. The van der Waals surface area contributed by atoms with Gasteiger partial charge in [0.15, 0.2) is 0 Å². The maximum Gasteiger partial charge on any atom is 0.410 e. The number of carbonyl (C=O) groups excluding carboxylic acids is 1. The van der Waals surface area contributed by atoms with Gasteiger partial charge < -0.3 is 18.9 Å². The van der Waals surface area contributed by atoms with Gasteiger partial charge in [0.25, 0.3) is 0 Å². The van der Waals surface area contributed by atoms with E-state index in [4.69, 9.17) is 37.1 Å². The Hall–Kier alpha value is -1.41. The molecule has 0 spiro atoms. The molecule has 0 heterocycles. The van der Waals surface area contributed by atoms with Crippen molar-refractivity contribution in [2.24, 2.45) is 22.2 Å². The Bertz CT molecular complexity index is 993. The summed E-state index contributed by atoms with van der Waals surface area (Å²) in [5.74, 6) is 0.747. The zero-order chi connectivity index (χ0) is 28.1. The molecular weight excluding hydrogens is 531 g/mol. The van der Waals surface area contributed by atoms with Crippen molar-refractivity contribution < 1.29 is 18.8 Å². The van der Waals surface area contributed by atoms with E-state index in [1.807, 2.05) is 41.5 Å². The molecule has 4 atom stereocenters. The number of halogens is 2. The van der Waals surface area contributed by atoms with Crippen LogP contribution in [0.15, 0.2) is 29.2 Å². The molecule has 9 heteroatoms. The summed E-state index contributed by atoms with van der Waals surface area (Å²) >= 11 is 11.3. The average molecular weight is 574 g/mol. The van der Waals surface area contributed by atoms with Gasteiger partial charge in [-0.25, -0.2) is 4.79 Å². The lowest BCUT2D eigenvalue weighted by Crippen LogP contribution is -2.40. The van der Waals surface area contributed by atoms with Gasteiger partial charge in [-0.2, -0.15) is 0 Å². The molecule has 1 aliphatic rings. The second-order valence-corrected chi connectivity index (χ2v) is 14.0. The molecule has 1 saturated carbocycles. The highest BCUT2D eigenvalue weighted by Crippen LogP contribution is 2.43. The number of rotatable bonds is 10. The van der Waals surface area contributed by atoms with Crippen molar-refractivity contribution in [1.82, 2.24) is 4.90 Å². The van der Waals surface area contributed by atoms with E-state index in [1.165, 1.54) is 0 Å². The number of nitrogens with zero attached hydrogens (tertiary/aromatic N) is 2. The third kappa shape index (κ3) is 8.54. The van der Waals surface area contributed by atoms with Gasteiger partial charge in [0.2, 0.25) is 0 Å². The first kappa shape index (κ1) is 31.8. The van der Waals surface area contributed by atoms with Gasteiger partial charge in [-0.1, -0.05) is 54.1 Å². The summed E-state index contributed by atoms with van der Waals surface area (Å²) < 4.78 is 29.4. The van der Waals surface area contributed by atoms with E-state index in [1.54, 1.807) is 30.2 Å². The highest BCUT2D eigenvalue weighted by atomic mass is 35.5. The first-order valence-electron chi connectivity index (χ1n) is 12.8. The van der Waals surface area contributed by atoms with Crippen molar-refractivity contribution in [2.75, 3.05) is 20.2 Å². The van der Waals surface area contributed by atoms with Gasteiger partial charge in [0.1, 0.15) is 39.8 Å². The molecule has 1 aliphatic carbocycles. The van der Waals surface area contributed by atoms with Gasteiger partial charge in [-0.15, -0.1) is 0 Å². The summed E-state index contributed by atoms with van der Waals surface area (Å²) in [7, 11) is 1.75. The Balaban J connectivity index is 2.60. The van der Waals surface area contributed by atoms with Crippen LogP contribution in [0.2, 0.25) is 10.0 Å². The second-order valence-electron chi connectivity index (χ2n) is 11.4. The molecule has 1 fully saturated rings. The lowest BCUT2D eigenvalue weighted by molar-refractivity contribution is 0.0267. The fraction of sp³-hybridized carbons (Fsp3) is 0.643. The SMILES string of the molecule is C=CCOc1cc(Cl)c(Cl)cc1/C(=N/[S+]([O-])C(C)(C)CC)C1C(C)CCC1CN(C)C(=O)OC(C)(C)C. The molecular formula is C28H42Cl2N2O4S. The van der Waals surface area contributed by atoms with Crippen LogP contribution in [-0.4, -0.2) is 51.8 Å². The third-order valence-electron chi connectivity index (χ3n) is 6.80. The fourth-order valence-corrected chi connectivity index (χ4v) is 5.60. The predicted octanol–water partition coefficient (Wildman–Crippen LogP) is 7.73. The van der Waals surface area contributed by atoms with E-state index >= 15 is 0 Å². The van der Waals surface area contributed by atoms with Gasteiger partial charge in [-0.3, -0.25) is 0 Å². The summed E-state index contributed by atoms with van der Waals surface area (Å²) in [4.78, 5) is 14.4. The Morgan fingerprint density at radius 3 is 2.43 bits per heavy atom. The Morgan fingerprint density at radius 1 is 1.24 bits per heavy atom. The quantitative estimate of drug-likeness (QED) is 0.163. The number of amides is 1. The topological polar surface area (TPSA) is 74.2 Å². The number of benzene rings is 1. The molecule has 0 aromatic heterocycles. The minimum absolute atomic E-state index is 0.0784. The van der Waals surface area contributed by atoms with Crippen molar-refractivity contribution in [3.63, 3.8) is 0 Å². The standard InChI is InChI=1S/C28H42Cl2N2O4S/c1-10-14-35-23-16-22(30)21(29)15-20(23)25(31-37(34)28(7,8)11-2)24-18(3)12-13-19(24)17-32(9)26(33)36-27(4,5)6/h10,15-16,18-19,24H,1,11-14,17H2,2-9H3/b31-25-. The van der Waals surface area contributed by atoms with E-state index in [9.17, 15) is 9.35 Å². The highest BCUT2D eigenvalue weighted by molar-refractivity contribution is 7.91. The van der Waals surface area contributed by atoms with Crippen LogP contribution < -0.4 is 4.74 Å². The molecule has 0 N–H and O–H groups in total. The van der Waals surface area contributed by atoms with E-state index < -0.39 is 21.7 Å². The largest absolute Gasteiger partial charge is 0.591 e. The molecule has 2 rings (SSSR count). The minimum Gasteiger partial charge on any atom is -0.591 e. The van der Waals surface area contributed by atoms with Gasteiger partial charge in [-0.05, 0) is 71.8 Å². The van der Waals surface area contributed by atoms with Gasteiger partial charge in [0, 0.05) is 31.1 Å². The van der Waals surface area contributed by atoms with Crippen LogP contribution in [0.4, 0.5) is 4.79 Å². The summed E-state index contributed by atoms with van der Waals surface area (Å²) in [6, 6.07) is 3.42. The normalized spacial score (nSPS) is 21.5. The van der Waals surface area contributed by atoms with Crippen molar-refractivity contribution >= 4 is 46.4 Å². The third-order valence-corrected chi connectivity index (χ3v) is 9.12. The predicted molar refractivity (Wildman–Crippen MR) is 155 cm³/mol. The minimum atomic E-state index is -1.52. The summed E-state index contributed by atoms with van der Waals surface area (Å²) in [6.45, 7) is 18.1. The molecule has 0 bridgehead atoms. The first-order valence-corrected chi connectivity index (χ1v) is 14.6. The van der Waals surface area contributed by atoms with E-state index in [0.29, 0.717) is 40.0 Å². The van der Waals surface area contributed by atoms with Crippen LogP contribution in [0.25, 0.3) is 0 Å². The number of hydrogen-bond donors (Lipinski definition) is 0. The molecule has 1 aromatic carbocycles. The Morgan fingerprint density at radius 2 is 1.86 bits per heavy atom. The maximum absolute atomic E-state index is 13.5. The Labute approximate surface area is 236 Å². The summed E-state index contributed by atoms with van der Waals surface area (Å²) in [5, 5.41) is 0.725. The lowest BCUT2D eigenvalue weighted by Gasteiger charge is -2.31. The van der Waals surface area contributed by atoms with Crippen LogP contribution >= 0.6 is 23.2 Å². The number of hydrogen-bond acceptors (Lipinski definition) is 5. The van der Waals surface area contributed by atoms with Crippen molar-refractivity contribution in [2.45, 2.75) is 78.1 Å². The van der Waals surface area contributed by atoms with Crippen LogP contribution in [0, 0.1) is 17.8 Å². The fourth-order valence-electron chi connectivity index (χ4n) is 4.39.